The Morgan fingerprint density at radius 2 is 1.35 bits per heavy atom. The van der Waals surface area contributed by atoms with E-state index in [1.807, 2.05) is 0 Å². The van der Waals surface area contributed by atoms with Crippen molar-refractivity contribution in [2.75, 3.05) is 20.9 Å². The van der Waals surface area contributed by atoms with Gasteiger partial charge in [0, 0.05) is 6.42 Å². The summed E-state index contributed by atoms with van der Waals surface area (Å²) in [6.45, 7) is 1.36. The highest BCUT2D eigenvalue weighted by Crippen LogP contribution is 2.09. The zero-order valence-corrected chi connectivity index (χ0v) is 25.8. The highest BCUT2D eigenvalue weighted by Gasteiger charge is 2.34. The number of hydrogen-bond acceptors (Lipinski definition) is 11. The number of methoxy groups -OCH3 is 2. The van der Waals surface area contributed by atoms with Gasteiger partial charge in [-0.15, -0.1) is 0 Å². The Morgan fingerprint density at radius 3 is 1.89 bits per heavy atom. The van der Waals surface area contributed by atoms with E-state index in [0.29, 0.717) is 5.56 Å². The van der Waals surface area contributed by atoms with Crippen LogP contribution in [0.15, 0.2) is 30.3 Å². The van der Waals surface area contributed by atoms with E-state index >= 15 is 0 Å². The number of aliphatic carboxylic acids is 1. The third kappa shape index (κ3) is 14.1. The standard InChI is InChI=1S/C29H39FN4O12/c1-16(2)25(28(42)32-19(21(35)14-30)13-24(39)45-4)34-26(40)18(10-11-23(38)44-3)31-27(41)20(12-22(36)37)33-29(43)46-15-17-8-6-5-7-9-17/h5-9,16,18-20,25H,10-15H2,1-4H3,(H,31,41)(H,32,42)(H,33,43)(H,34,40)(H,36,37). The summed E-state index contributed by atoms with van der Waals surface area (Å²) in [5.74, 6) is -8.00. The number of nitrogens with one attached hydrogen (secondary N) is 4. The molecule has 0 bridgehead atoms. The summed E-state index contributed by atoms with van der Waals surface area (Å²) < 4.78 is 27.2. The number of carboxylic acids is 1. The van der Waals surface area contributed by atoms with Crippen LogP contribution in [0.3, 0.4) is 0 Å². The van der Waals surface area contributed by atoms with Crippen LogP contribution in [0.5, 0.6) is 0 Å². The highest BCUT2D eigenvalue weighted by atomic mass is 19.1. The quantitative estimate of drug-likeness (QED) is 0.0974. The summed E-state index contributed by atoms with van der Waals surface area (Å²) in [4.78, 5) is 98.8. The zero-order valence-electron chi connectivity index (χ0n) is 25.8. The van der Waals surface area contributed by atoms with Crippen LogP contribution >= 0.6 is 0 Å². The van der Waals surface area contributed by atoms with Gasteiger partial charge in [-0.25, -0.2) is 9.18 Å². The van der Waals surface area contributed by atoms with Crippen LogP contribution in [0.4, 0.5) is 9.18 Å². The Morgan fingerprint density at radius 1 is 0.761 bits per heavy atom. The van der Waals surface area contributed by atoms with E-state index in [0.717, 1.165) is 14.2 Å². The molecule has 0 saturated heterocycles. The highest BCUT2D eigenvalue weighted by molar-refractivity contribution is 5.97. The normalized spacial score (nSPS) is 13.2. The third-order valence-corrected chi connectivity index (χ3v) is 6.38. The van der Waals surface area contributed by atoms with E-state index < -0.39 is 104 Å². The Hall–Kier alpha value is -5.09. The van der Waals surface area contributed by atoms with Crippen molar-refractivity contribution in [2.45, 2.75) is 70.3 Å². The van der Waals surface area contributed by atoms with Crippen molar-refractivity contribution >= 4 is 47.5 Å². The molecule has 0 spiro atoms. The molecule has 0 aliphatic heterocycles. The second-order valence-corrected chi connectivity index (χ2v) is 10.2. The molecule has 1 aromatic carbocycles. The smallest absolute Gasteiger partial charge is 0.408 e. The predicted octanol–water partition coefficient (Wildman–Crippen LogP) is -0.0786. The molecule has 4 atom stereocenters. The number of ether oxygens (including phenoxy) is 3. The molecule has 0 radical (unpaired) electrons. The molecule has 17 heteroatoms. The SMILES string of the molecule is COC(=O)CCC(NC(=O)C(CC(=O)O)NC(=O)OCc1ccccc1)C(=O)NC(C(=O)NC(CC(=O)OC)C(=O)CF)C(C)C. The van der Waals surface area contributed by atoms with E-state index in [1.54, 1.807) is 30.3 Å². The zero-order chi connectivity index (χ0) is 34.8. The molecule has 1 rings (SSSR count). The number of ketones is 1. The lowest BCUT2D eigenvalue weighted by atomic mass is 10.0. The van der Waals surface area contributed by atoms with Crippen molar-refractivity contribution in [3.8, 4) is 0 Å². The molecule has 1 aromatic rings. The monoisotopic (exact) mass is 654 g/mol. The fourth-order valence-electron chi connectivity index (χ4n) is 3.84. The molecule has 0 heterocycles. The summed E-state index contributed by atoms with van der Waals surface area (Å²) in [5, 5.41) is 18.3. The Balaban J connectivity index is 3.13. The molecule has 4 unspecified atom stereocenters. The Kier molecular flexibility index (Phi) is 17.0. The number of carboxylic acid groups (broad SMARTS) is 1. The summed E-state index contributed by atoms with van der Waals surface area (Å²) in [6, 6.07) is 2.23. The van der Waals surface area contributed by atoms with Crippen LogP contribution < -0.4 is 21.3 Å². The first-order valence-electron chi connectivity index (χ1n) is 14.0. The minimum atomic E-state index is -1.72. The van der Waals surface area contributed by atoms with E-state index in [1.165, 1.54) is 13.8 Å². The molecular formula is C29H39FN4O12. The minimum Gasteiger partial charge on any atom is -0.481 e. The van der Waals surface area contributed by atoms with Gasteiger partial charge in [0.25, 0.3) is 0 Å². The largest absolute Gasteiger partial charge is 0.481 e. The predicted molar refractivity (Wildman–Crippen MR) is 155 cm³/mol. The van der Waals surface area contributed by atoms with Gasteiger partial charge in [0.1, 0.15) is 37.4 Å². The van der Waals surface area contributed by atoms with Gasteiger partial charge in [-0.05, 0) is 17.9 Å². The van der Waals surface area contributed by atoms with Gasteiger partial charge in [0.15, 0.2) is 5.78 Å². The summed E-state index contributed by atoms with van der Waals surface area (Å²) in [5.41, 5.74) is 0.617. The van der Waals surface area contributed by atoms with E-state index in [2.05, 4.69) is 30.7 Å². The van der Waals surface area contributed by atoms with Crippen molar-refractivity contribution < 1.29 is 62.1 Å². The lowest BCUT2D eigenvalue weighted by Gasteiger charge is -2.27. The summed E-state index contributed by atoms with van der Waals surface area (Å²) in [6.07, 6.45) is -3.47. The molecule has 16 nitrogen and oxygen atoms in total. The van der Waals surface area contributed by atoms with Gasteiger partial charge < -0.3 is 40.6 Å². The van der Waals surface area contributed by atoms with E-state index in [4.69, 9.17) is 4.74 Å². The Labute approximate surface area is 264 Å². The number of rotatable bonds is 19. The van der Waals surface area contributed by atoms with Crippen LogP contribution in [0.25, 0.3) is 0 Å². The fraction of sp³-hybridized carbons (Fsp3) is 0.517. The molecule has 46 heavy (non-hydrogen) atoms. The van der Waals surface area contributed by atoms with E-state index in [9.17, 15) is 47.9 Å². The number of benzene rings is 1. The third-order valence-electron chi connectivity index (χ3n) is 6.38. The molecule has 0 fully saturated rings. The lowest BCUT2D eigenvalue weighted by molar-refractivity contribution is -0.144. The number of carbonyl (C=O) groups is 8. The number of alkyl halides is 1. The van der Waals surface area contributed by atoms with Crippen LogP contribution in [-0.4, -0.2) is 97.7 Å². The van der Waals surface area contributed by atoms with Crippen LogP contribution in [0.1, 0.15) is 45.1 Å². The number of carbonyl (C=O) groups excluding carboxylic acids is 7. The molecule has 0 aliphatic carbocycles. The molecule has 4 amide bonds. The lowest BCUT2D eigenvalue weighted by Crippen LogP contribution is -2.59. The summed E-state index contributed by atoms with van der Waals surface area (Å²) >= 11 is 0. The maximum absolute atomic E-state index is 13.3. The van der Waals surface area contributed by atoms with Gasteiger partial charge in [0.2, 0.25) is 17.7 Å². The number of halogens is 1. The number of amides is 4. The first-order valence-corrected chi connectivity index (χ1v) is 14.0. The van der Waals surface area contributed by atoms with Gasteiger partial charge in [0.05, 0.1) is 27.1 Å². The fourth-order valence-corrected chi connectivity index (χ4v) is 3.84. The first-order chi connectivity index (χ1) is 21.7. The van der Waals surface area contributed by atoms with Crippen molar-refractivity contribution in [1.29, 1.82) is 0 Å². The number of hydrogen-bond donors (Lipinski definition) is 5. The average Bonchev–Trinajstić information content (AvgIpc) is 3.02. The van der Waals surface area contributed by atoms with Gasteiger partial charge in [-0.2, -0.15) is 0 Å². The topological polar surface area (TPSA) is 233 Å². The van der Waals surface area contributed by atoms with Crippen molar-refractivity contribution in [2.24, 2.45) is 5.92 Å². The number of Topliss-reactive ketones (excluding diaryl/α,β-unsaturated/α-hetero) is 1. The van der Waals surface area contributed by atoms with Crippen LogP contribution in [0.2, 0.25) is 0 Å². The van der Waals surface area contributed by atoms with Gasteiger partial charge in [-0.3, -0.25) is 33.6 Å². The molecule has 0 aromatic heterocycles. The first kappa shape index (κ1) is 38.9. The maximum atomic E-state index is 13.3. The molecule has 5 N–H and O–H groups in total. The molecular weight excluding hydrogens is 615 g/mol. The van der Waals surface area contributed by atoms with Crippen molar-refractivity contribution in [3.63, 3.8) is 0 Å². The van der Waals surface area contributed by atoms with Gasteiger partial charge in [-0.1, -0.05) is 44.2 Å². The van der Waals surface area contributed by atoms with Crippen LogP contribution in [-0.2, 0) is 54.4 Å². The van der Waals surface area contributed by atoms with Gasteiger partial charge >= 0.3 is 24.0 Å². The molecule has 0 aliphatic rings. The molecule has 0 saturated carbocycles. The number of esters is 2. The number of alkyl carbamates (subject to hydrolysis) is 1. The van der Waals surface area contributed by atoms with Crippen molar-refractivity contribution in [3.05, 3.63) is 35.9 Å². The minimum absolute atomic E-state index is 0.186. The van der Waals surface area contributed by atoms with Crippen molar-refractivity contribution in [1.82, 2.24) is 21.3 Å². The molecule has 254 valence electrons. The van der Waals surface area contributed by atoms with Crippen LogP contribution in [0, 0.1) is 5.92 Å². The average molecular weight is 655 g/mol. The Bertz CT molecular complexity index is 1240. The second kappa shape index (κ2) is 20.0. The summed E-state index contributed by atoms with van der Waals surface area (Å²) in [7, 11) is 2.12. The second-order valence-electron chi connectivity index (χ2n) is 10.2. The maximum Gasteiger partial charge on any atom is 0.408 e. The van der Waals surface area contributed by atoms with E-state index in [-0.39, 0.29) is 13.0 Å².